The number of piperidine rings is 1. The van der Waals surface area contributed by atoms with Gasteiger partial charge in [-0.1, -0.05) is 0 Å². The second-order valence-electron chi connectivity index (χ2n) is 5.50. The third-order valence-corrected chi connectivity index (χ3v) is 3.72. The first-order chi connectivity index (χ1) is 8.66. The number of furan rings is 1. The van der Waals surface area contributed by atoms with Crippen molar-refractivity contribution in [1.29, 1.82) is 0 Å². The SMILES string of the molecule is CN1CCCC(NCC(c2ccco2)N(C)C)C1. The molecule has 0 spiro atoms. The van der Waals surface area contributed by atoms with Crippen molar-refractivity contribution < 1.29 is 4.42 Å². The molecule has 0 amide bonds. The fraction of sp³-hybridized carbons (Fsp3) is 0.714. The number of rotatable bonds is 5. The van der Waals surface area contributed by atoms with Gasteiger partial charge in [0.15, 0.2) is 0 Å². The summed E-state index contributed by atoms with van der Waals surface area (Å²) in [5.41, 5.74) is 0. The van der Waals surface area contributed by atoms with Crippen LogP contribution in [0.3, 0.4) is 0 Å². The molecule has 4 heteroatoms. The Morgan fingerprint density at radius 1 is 1.56 bits per heavy atom. The first kappa shape index (κ1) is 13.6. The molecule has 102 valence electrons. The number of likely N-dealkylation sites (tertiary alicyclic amines) is 1. The molecule has 2 unspecified atom stereocenters. The molecule has 1 aliphatic heterocycles. The lowest BCUT2D eigenvalue weighted by Gasteiger charge is -2.32. The highest BCUT2D eigenvalue weighted by molar-refractivity contribution is 5.05. The third kappa shape index (κ3) is 3.57. The van der Waals surface area contributed by atoms with E-state index in [0.29, 0.717) is 12.1 Å². The highest BCUT2D eigenvalue weighted by Crippen LogP contribution is 2.18. The van der Waals surface area contributed by atoms with Crippen LogP contribution in [0.5, 0.6) is 0 Å². The van der Waals surface area contributed by atoms with Crippen molar-refractivity contribution in [3.63, 3.8) is 0 Å². The van der Waals surface area contributed by atoms with E-state index >= 15 is 0 Å². The van der Waals surface area contributed by atoms with Crippen LogP contribution >= 0.6 is 0 Å². The molecule has 1 aromatic heterocycles. The number of likely N-dealkylation sites (N-methyl/N-ethyl adjacent to an activating group) is 2. The minimum atomic E-state index is 0.312. The minimum absolute atomic E-state index is 0.312. The van der Waals surface area contributed by atoms with Gasteiger partial charge in [-0.05, 0) is 52.7 Å². The molecule has 1 N–H and O–H groups in total. The van der Waals surface area contributed by atoms with Crippen LogP contribution in [0.25, 0.3) is 0 Å². The van der Waals surface area contributed by atoms with E-state index < -0.39 is 0 Å². The Hall–Kier alpha value is -0.840. The van der Waals surface area contributed by atoms with Gasteiger partial charge in [0.1, 0.15) is 5.76 Å². The predicted octanol–water partition coefficient (Wildman–Crippen LogP) is 1.57. The van der Waals surface area contributed by atoms with Gasteiger partial charge in [0.05, 0.1) is 12.3 Å². The van der Waals surface area contributed by atoms with Crippen LogP contribution in [0.2, 0.25) is 0 Å². The van der Waals surface area contributed by atoms with Gasteiger partial charge >= 0.3 is 0 Å². The topological polar surface area (TPSA) is 31.6 Å². The second-order valence-corrected chi connectivity index (χ2v) is 5.50. The molecule has 1 fully saturated rings. The largest absolute Gasteiger partial charge is 0.468 e. The van der Waals surface area contributed by atoms with E-state index in [1.807, 2.05) is 6.07 Å². The number of nitrogens with zero attached hydrogens (tertiary/aromatic N) is 2. The Balaban J connectivity index is 1.86. The first-order valence-corrected chi connectivity index (χ1v) is 6.78. The normalized spacial score (nSPS) is 23.4. The molecule has 4 nitrogen and oxygen atoms in total. The van der Waals surface area contributed by atoms with Crippen molar-refractivity contribution in [3.05, 3.63) is 24.2 Å². The highest BCUT2D eigenvalue weighted by Gasteiger charge is 2.21. The van der Waals surface area contributed by atoms with Crippen LogP contribution in [0, 0.1) is 0 Å². The highest BCUT2D eigenvalue weighted by atomic mass is 16.3. The Kier molecular flexibility index (Phi) is 4.80. The van der Waals surface area contributed by atoms with Gasteiger partial charge in [0, 0.05) is 19.1 Å². The van der Waals surface area contributed by atoms with Crippen LogP contribution in [0.4, 0.5) is 0 Å². The van der Waals surface area contributed by atoms with Crippen LogP contribution in [-0.2, 0) is 0 Å². The lowest BCUT2D eigenvalue weighted by Crippen LogP contribution is -2.46. The van der Waals surface area contributed by atoms with Gasteiger partial charge in [-0.15, -0.1) is 0 Å². The average molecular weight is 251 g/mol. The molecular formula is C14H25N3O. The quantitative estimate of drug-likeness (QED) is 0.861. The molecule has 1 saturated heterocycles. The summed E-state index contributed by atoms with van der Waals surface area (Å²) in [5.74, 6) is 1.04. The predicted molar refractivity (Wildman–Crippen MR) is 73.7 cm³/mol. The minimum Gasteiger partial charge on any atom is -0.468 e. The molecule has 2 rings (SSSR count). The first-order valence-electron chi connectivity index (χ1n) is 6.78. The fourth-order valence-electron chi connectivity index (χ4n) is 2.63. The zero-order valence-electron chi connectivity index (χ0n) is 11.7. The van der Waals surface area contributed by atoms with E-state index in [1.54, 1.807) is 6.26 Å². The monoisotopic (exact) mass is 251 g/mol. The van der Waals surface area contributed by atoms with E-state index in [-0.39, 0.29) is 0 Å². The van der Waals surface area contributed by atoms with E-state index in [1.165, 1.54) is 19.4 Å². The Labute approximate surface area is 110 Å². The number of nitrogens with one attached hydrogen (secondary N) is 1. The summed E-state index contributed by atoms with van der Waals surface area (Å²) in [5, 5.41) is 3.68. The van der Waals surface area contributed by atoms with Crippen molar-refractivity contribution in [1.82, 2.24) is 15.1 Å². The van der Waals surface area contributed by atoms with Crippen molar-refractivity contribution in [3.8, 4) is 0 Å². The van der Waals surface area contributed by atoms with Crippen LogP contribution in [0.15, 0.2) is 22.8 Å². The summed E-state index contributed by atoms with van der Waals surface area (Å²) in [7, 11) is 6.40. The van der Waals surface area contributed by atoms with Crippen LogP contribution in [-0.4, -0.2) is 56.6 Å². The van der Waals surface area contributed by atoms with Gasteiger partial charge in [-0.2, -0.15) is 0 Å². The smallest absolute Gasteiger partial charge is 0.122 e. The Morgan fingerprint density at radius 3 is 3.00 bits per heavy atom. The van der Waals surface area contributed by atoms with E-state index in [0.717, 1.165) is 18.8 Å². The molecule has 0 radical (unpaired) electrons. The lowest BCUT2D eigenvalue weighted by atomic mass is 10.1. The summed E-state index contributed by atoms with van der Waals surface area (Å²) >= 11 is 0. The molecule has 2 atom stereocenters. The maximum Gasteiger partial charge on any atom is 0.122 e. The number of hydrogen-bond donors (Lipinski definition) is 1. The standard InChI is InChI=1S/C14H25N3O/c1-16(2)13(14-7-5-9-18-14)10-15-12-6-4-8-17(3)11-12/h5,7,9,12-13,15H,4,6,8,10-11H2,1-3H3. The molecule has 0 aromatic carbocycles. The van der Waals surface area contributed by atoms with Gasteiger partial charge < -0.3 is 14.6 Å². The lowest BCUT2D eigenvalue weighted by molar-refractivity contribution is 0.200. The molecule has 1 aromatic rings. The van der Waals surface area contributed by atoms with Crippen molar-refractivity contribution in [2.24, 2.45) is 0 Å². The number of hydrogen-bond acceptors (Lipinski definition) is 4. The summed E-state index contributed by atoms with van der Waals surface area (Å²) < 4.78 is 5.53. The summed E-state index contributed by atoms with van der Waals surface area (Å²) in [6.45, 7) is 3.32. The summed E-state index contributed by atoms with van der Waals surface area (Å²) in [6, 6.07) is 4.94. The zero-order valence-corrected chi connectivity index (χ0v) is 11.7. The van der Waals surface area contributed by atoms with Crippen molar-refractivity contribution in [2.45, 2.75) is 24.9 Å². The molecule has 2 heterocycles. The molecule has 0 bridgehead atoms. The summed E-state index contributed by atoms with van der Waals surface area (Å²) in [4.78, 5) is 4.61. The molecular weight excluding hydrogens is 226 g/mol. The van der Waals surface area contributed by atoms with E-state index in [4.69, 9.17) is 4.42 Å². The Morgan fingerprint density at radius 2 is 2.39 bits per heavy atom. The van der Waals surface area contributed by atoms with Gasteiger partial charge in [0.2, 0.25) is 0 Å². The molecule has 0 saturated carbocycles. The van der Waals surface area contributed by atoms with Gasteiger partial charge in [0.25, 0.3) is 0 Å². The average Bonchev–Trinajstić information content (AvgIpc) is 2.82. The summed E-state index contributed by atoms with van der Waals surface area (Å²) in [6.07, 6.45) is 4.32. The maximum atomic E-state index is 5.53. The van der Waals surface area contributed by atoms with Gasteiger partial charge in [-0.25, -0.2) is 0 Å². The van der Waals surface area contributed by atoms with Crippen LogP contribution < -0.4 is 5.32 Å². The van der Waals surface area contributed by atoms with E-state index in [9.17, 15) is 0 Å². The zero-order chi connectivity index (χ0) is 13.0. The second kappa shape index (κ2) is 6.36. The Bertz CT molecular complexity index is 337. The van der Waals surface area contributed by atoms with Crippen molar-refractivity contribution >= 4 is 0 Å². The maximum absolute atomic E-state index is 5.53. The van der Waals surface area contributed by atoms with E-state index in [2.05, 4.69) is 42.3 Å². The van der Waals surface area contributed by atoms with Crippen molar-refractivity contribution in [2.75, 3.05) is 40.8 Å². The molecule has 1 aliphatic rings. The van der Waals surface area contributed by atoms with Gasteiger partial charge in [-0.3, -0.25) is 4.90 Å². The molecule has 18 heavy (non-hydrogen) atoms. The fourth-order valence-corrected chi connectivity index (χ4v) is 2.63. The van der Waals surface area contributed by atoms with Crippen LogP contribution in [0.1, 0.15) is 24.6 Å². The molecule has 0 aliphatic carbocycles. The third-order valence-electron chi connectivity index (χ3n) is 3.72.